The van der Waals surface area contributed by atoms with Crippen molar-refractivity contribution in [3.63, 3.8) is 0 Å². The largest absolute Gasteiger partial charge is 0.480 e. The Morgan fingerprint density at radius 3 is 2.43 bits per heavy atom. The van der Waals surface area contributed by atoms with Gasteiger partial charge in [-0.2, -0.15) is 0 Å². The summed E-state index contributed by atoms with van der Waals surface area (Å²) in [5, 5.41) is 16.2. The molecule has 0 unspecified atom stereocenters. The highest BCUT2D eigenvalue weighted by molar-refractivity contribution is 5.93. The third-order valence-electron chi connectivity index (χ3n) is 2.65. The normalized spacial score (nSPS) is 11.3. The van der Waals surface area contributed by atoms with Crippen molar-refractivity contribution in [2.75, 3.05) is 11.9 Å². The van der Waals surface area contributed by atoms with Crippen molar-refractivity contribution >= 4 is 23.6 Å². The molecule has 0 saturated carbocycles. The zero-order valence-electron chi connectivity index (χ0n) is 11.8. The summed E-state index contributed by atoms with van der Waals surface area (Å²) in [6.07, 6.45) is 0.983. The van der Waals surface area contributed by atoms with Crippen LogP contribution in [0.5, 0.6) is 0 Å². The highest BCUT2D eigenvalue weighted by Gasteiger charge is 2.18. The first-order valence-electron chi connectivity index (χ1n) is 6.65. The van der Waals surface area contributed by atoms with Gasteiger partial charge in [0.25, 0.3) is 0 Å². The Morgan fingerprint density at radius 1 is 1.19 bits per heavy atom. The van der Waals surface area contributed by atoms with E-state index in [0.29, 0.717) is 18.5 Å². The molecule has 1 aromatic carbocycles. The van der Waals surface area contributed by atoms with E-state index in [2.05, 4.69) is 16.0 Å². The molecule has 0 aliphatic rings. The van der Waals surface area contributed by atoms with Gasteiger partial charge in [0.1, 0.15) is 6.04 Å². The first-order valence-corrected chi connectivity index (χ1v) is 6.65. The Balaban J connectivity index is 2.35. The van der Waals surface area contributed by atoms with Crippen molar-refractivity contribution in [2.24, 2.45) is 0 Å². The maximum absolute atomic E-state index is 11.6. The Hall–Kier alpha value is -2.57. The standard InChI is InChI=1S/C14H19N3O4/c1-2-6-11(13(19)20)17-12(18)9-15-14(21)16-10-7-4-3-5-8-10/h3-5,7-8,11H,2,6,9H2,1H3,(H,17,18)(H,19,20)(H2,15,16,21)/t11-/m1/s1. The van der Waals surface area contributed by atoms with Crippen molar-refractivity contribution in [1.29, 1.82) is 0 Å². The number of para-hydroxylation sites is 1. The van der Waals surface area contributed by atoms with E-state index < -0.39 is 23.9 Å². The smallest absolute Gasteiger partial charge is 0.326 e. The molecule has 0 saturated heterocycles. The number of amides is 3. The molecule has 0 aliphatic carbocycles. The van der Waals surface area contributed by atoms with E-state index in [1.54, 1.807) is 24.3 Å². The quantitative estimate of drug-likeness (QED) is 0.605. The van der Waals surface area contributed by atoms with E-state index in [-0.39, 0.29) is 6.54 Å². The van der Waals surface area contributed by atoms with E-state index in [4.69, 9.17) is 5.11 Å². The molecule has 0 aromatic heterocycles. The highest BCUT2D eigenvalue weighted by Crippen LogP contribution is 2.03. The van der Waals surface area contributed by atoms with Crippen LogP contribution in [0.3, 0.4) is 0 Å². The summed E-state index contributed by atoms with van der Waals surface area (Å²) < 4.78 is 0. The van der Waals surface area contributed by atoms with E-state index >= 15 is 0 Å². The van der Waals surface area contributed by atoms with E-state index in [9.17, 15) is 14.4 Å². The molecule has 21 heavy (non-hydrogen) atoms. The van der Waals surface area contributed by atoms with Gasteiger partial charge in [0.15, 0.2) is 0 Å². The van der Waals surface area contributed by atoms with Crippen LogP contribution in [0.4, 0.5) is 10.5 Å². The summed E-state index contributed by atoms with van der Waals surface area (Å²) in [6.45, 7) is 1.54. The number of carbonyl (C=O) groups excluding carboxylic acids is 2. The van der Waals surface area contributed by atoms with Gasteiger partial charge in [-0.25, -0.2) is 9.59 Å². The first-order chi connectivity index (χ1) is 10.0. The molecule has 1 rings (SSSR count). The molecule has 1 aromatic rings. The van der Waals surface area contributed by atoms with Crippen molar-refractivity contribution in [3.05, 3.63) is 30.3 Å². The minimum atomic E-state index is -1.08. The molecule has 114 valence electrons. The number of carboxylic acid groups (broad SMARTS) is 1. The van der Waals surface area contributed by atoms with Gasteiger partial charge < -0.3 is 21.1 Å². The molecule has 1 atom stereocenters. The van der Waals surface area contributed by atoms with Gasteiger partial charge in [-0.3, -0.25) is 4.79 Å². The Kier molecular flexibility index (Phi) is 6.73. The molecule has 0 fully saturated rings. The van der Waals surface area contributed by atoms with Gasteiger partial charge in [-0.05, 0) is 18.6 Å². The second kappa shape index (κ2) is 8.57. The fraction of sp³-hybridized carbons (Fsp3) is 0.357. The fourth-order valence-electron chi connectivity index (χ4n) is 1.65. The molecule has 7 nitrogen and oxygen atoms in total. The van der Waals surface area contributed by atoms with Crippen LogP contribution in [0, 0.1) is 0 Å². The molecule has 0 bridgehead atoms. The number of rotatable bonds is 7. The molecule has 0 spiro atoms. The average molecular weight is 293 g/mol. The predicted molar refractivity (Wildman–Crippen MR) is 77.9 cm³/mol. The highest BCUT2D eigenvalue weighted by atomic mass is 16.4. The summed E-state index contributed by atoms with van der Waals surface area (Å²) in [6, 6.07) is 7.31. The second-order valence-corrected chi connectivity index (χ2v) is 4.42. The molecular weight excluding hydrogens is 274 g/mol. The van der Waals surface area contributed by atoms with Crippen LogP contribution in [0.25, 0.3) is 0 Å². The minimum absolute atomic E-state index is 0.286. The Morgan fingerprint density at radius 2 is 1.86 bits per heavy atom. The van der Waals surface area contributed by atoms with E-state index in [1.165, 1.54) is 0 Å². The topological polar surface area (TPSA) is 108 Å². The lowest BCUT2D eigenvalue weighted by molar-refractivity contribution is -0.141. The molecule has 3 amide bonds. The van der Waals surface area contributed by atoms with Crippen LogP contribution >= 0.6 is 0 Å². The van der Waals surface area contributed by atoms with Crippen molar-refractivity contribution in [3.8, 4) is 0 Å². The van der Waals surface area contributed by atoms with Gasteiger partial charge in [0.05, 0.1) is 6.54 Å². The summed E-state index contributed by atoms with van der Waals surface area (Å²) in [7, 11) is 0. The van der Waals surface area contributed by atoms with Crippen LogP contribution in [-0.2, 0) is 9.59 Å². The van der Waals surface area contributed by atoms with Crippen LogP contribution in [0.2, 0.25) is 0 Å². The maximum Gasteiger partial charge on any atom is 0.326 e. The minimum Gasteiger partial charge on any atom is -0.480 e. The number of urea groups is 1. The summed E-state index contributed by atoms with van der Waals surface area (Å²) >= 11 is 0. The van der Waals surface area contributed by atoms with Gasteiger partial charge in [0.2, 0.25) is 5.91 Å². The van der Waals surface area contributed by atoms with Gasteiger partial charge in [-0.15, -0.1) is 0 Å². The third-order valence-corrected chi connectivity index (χ3v) is 2.65. The predicted octanol–water partition coefficient (Wildman–Crippen LogP) is 1.18. The van der Waals surface area contributed by atoms with Crippen LogP contribution in [0.1, 0.15) is 19.8 Å². The molecular formula is C14H19N3O4. The van der Waals surface area contributed by atoms with Crippen LogP contribution in [0.15, 0.2) is 30.3 Å². The first kappa shape index (κ1) is 16.5. The van der Waals surface area contributed by atoms with Crippen molar-refractivity contribution < 1.29 is 19.5 Å². The SMILES string of the molecule is CCC[C@@H](NC(=O)CNC(=O)Nc1ccccc1)C(=O)O. The second-order valence-electron chi connectivity index (χ2n) is 4.42. The molecule has 0 heterocycles. The maximum atomic E-state index is 11.6. The fourth-order valence-corrected chi connectivity index (χ4v) is 1.65. The number of anilines is 1. The molecule has 7 heteroatoms. The summed E-state index contributed by atoms with van der Waals surface area (Å²) in [5.41, 5.74) is 0.602. The van der Waals surface area contributed by atoms with Crippen molar-refractivity contribution in [1.82, 2.24) is 10.6 Å². The number of aliphatic carboxylic acids is 1. The van der Waals surface area contributed by atoms with Gasteiger partial charge in [-0.1, -0.05) is 31.5 Å². The van der Waals surface area contributed by atoms with E-state index in [0.717, 1.165) is 0 Å². The van der Waals surface area contributed by atoms with Gasteiger partial charge in [0, 0.05) is 5.69 Å². The number of nitrogens with one attached hydrogen (secondary N) is 3. The van der Waals surface area contributed by atoms with Crippen LogP contribution < -0.4 is 16.0 Å². The number of benzene rings is 1. The number of hydrogen-bond donors (Lipinski definition) is 4. The number of carbonyl (C=O) groups is 3. The van der Waals surface area contributed by atoms with Crippen LogP contribution in [-0.4, -0.2) is 35.6 Å². The Bertz CT molecular complexity index is 490. The van der Waals surface area contributed by atoms with Gasteiger partial charge >= 0.3 is 12.0 Å². The van der Waals surface area contributed by atoms with Crippen molar-refractivity contribution in [2.45, 2.75) is 25.8 Å². The lowest BCUT2D eigenvalue weighted by Gasteiger charge is -2.14. The molecule has 0 aliphatic heterocycles. The zero-order chi connectivity index (χ0) is 15.7. The molecule has 0 radical (unpaired) electrons. The monoisotopic (exact) mass is 293 g/mol. The third kappa shape index (κ3) is 6.42. The number of carboxylic acids is 1. The van der Waals surface area contributed by atoms with E-state index in [1.807, 2.05) is 13.0 Å². The molecule has 4 N–H and O–H groups in total. The lowest BCUT2D eigenvalue weighted by Crippen LogP contribution is -2.46. The summed E-state index contributed by atoms with van der Waals surface area (Å²) in [4.78, 5) is 34.0. The summed E-state index contributed by atoms with van der Waals surface area (Å²) in [5.74, 6) is -1.63. The average Bonchev–Trinajstić information content (AvgIpc) is 2.45. The lowest BCUT2D eigenvalue weighted by atomic mass is 10.1. The zero-order valence-corrected chi connectivity index (χ0v) is 11.8. The Labute approximate surface area is 122 Å². The number of hydrogen-bond acceptors (Lipinski definition) is 3.